The molecule has 0 bridgehead atoms. The van der Waals surface area contributed by atoms with Crippen LogP contribution in [0.3, 0.4) is 0 Å². The first-order valence-corrected chi connectivity index (χ1v) is 6.91. The maximum Gasteiger partial charge on any atom is 0.257 e. The van der Waals surface area contributed by atoms with E-state index >= 15 is 0 Å². The van der Waals surface area contributed by atoms with Gasteiger partial charge in [-0.3, -0.25) is 4.79 Å². The lowest BCUT2D eigenvalue weighted by Gasteiger charge is -2.30. The van der Waals surface area contributed by atoms with E-state index in [9.17, 15) is 9.18 Å². The maximum atomic E-state index is 13.2. The molecule has 0 spiro atoms. The first-order valence-electron chi connectivity index (χ1n) is 5.86. The summed E-state index contributed by atoms with van der Waals surface area (Å²) in [5.74, 6) is 0.701. The summed E-state index contributed by atoms with van der Waals surface area (Å²) < 4.78 is 13.2. The number of rotatable bonds is 2. The van der Waals surface area contributed by atoms with Crippen molar-refractivity contribution in [3.63, 3.8) is 0 Å². The van der Waals surface area contributed by atoms with Gasteiger partial charge in [-0.05, 0) is 6.07 Å². The first kappa shape index (κ1) is 13.1. The number of carbonyl (C=O) groups excluding carboxylic acids is 1. The predicted molar refractivity (Wildman–Crippen MR) is 71.6 cm³/mol. The van der Waals surface area contributed by atoms with Gasteiger partial charge in [-0.1, -0.05) is 6.92 Å². The van der Waals surface area contributed by atoms with Crippen LogP contribution in [0, 0.1) is 5.82 Å². The highest BCUT2D eigenvalue weighted by Crippen LogP contribution is 2.22. The van der Waals surface area contributed by atoms with E-state index in [4.69, 9.17) is 0 Å². The standard InChI is InChI=1S/C12H16FN3OS/c1-8-7-16(3-4-18-8)12(17)10-5-9(13)6-15-11(10)14-2/h5-6,8H,3-4,7H2,1-2H3,(H,14,15). The summed E-state index contributed by atoms with van der Waals surface area (Å²) in [5, 5.41) is 3.24. The normalized spacial score (nSPS) is 19.7. The number of aromatic nitrogens is 1. The zero-order chi connectivity index (χ0) is 13.1. The smallest absolute Gasteiger partial charge is 0.257 e. The van der Waals surface area contributed by atoms with Crippen LogP contribution in [0.25, 0.3) is 0 Å². The molecule has 0 radical (unpaired) electrons. The highest BCUT2D eigenvalue weighted by molar-refractivity contribution is 7.99. The summed E-state index contributed by atoms with van der Waals surface area (Å²) >= 11 is 1.85. The lowest BCUT2D eigenvalue weighted by atomic mass is 10.2. The van der Waals surface area contributed by atoms with Crippen LogP contribution in [0.2, 0.25) is 0 Å². The van der Waals surface area contributed by atoms with Gasteiger partial charge in [0, 0.05) is 31.1 Å². The minimum atomic E-state index is -0.489. The van der Waals surface area contributed by atoms with Crippen molar-refractivity contribution in [1.82, 2.24) is 9.88 Å². The van der Waals surface area contributed by atoms with E-state index in [2.05, 4.69) is 17.2 Å². The summed E-state index contributed by atoms with van der Waals surface area (Å²) in [5.41, 5.74) is 0.302. The van der Waals surface area contributed by atoms with Gasteiger partial charge >= 0.3 is 0 Å². The molecule has 1 amide bonds. The minimum Gasteiger partial charge on any atom is -0.372 e. The highest BCUT2D eigenvalue weighted by atomic mass is 32.2. The van der Waals surface area contributed by atoms with Crippen molar-refractivity contribution in [2.24, 2.45) is 0 Å². The molecule has 2 rings (SSSR count). The van der Waals surface area contributed by atoms with Crippen LogP contribution in [-0.4, -0.2) is 46.9 Å². The van der Waals surface area contributed by atoms with E-state index < -0.39 is 5.82 Å². The molecule has 1 N–H and O–H groups in total. The minimum absolute atomic E-state index is 0.154. The molecule has 1 saturated heterocycles. The molecule has 1 aliphatic heterocycles. The van der Waals surface area contributed by atoms with Crippen LogP contribution in [-0.2, 0) is 0 Å². The number of carbonyl (C=O) groups is 1. The van der Waals surface area contributed by atoms with Gasteiger partial charge in [0.25, 0.3) is 5.91 Å². The van der Waals surface area contributed by atoms with Crippen molar-refractivity contribution in [1.29, 1.82) is 0 Å². The Morgan fingerprint density at radius 3 is 3.11 bits per heavy atom. The van der Waals surface area contributed by atoms with E-state index in [-0.39, 0.29) is 5.91 Å². The van der Waals surface area contributed by atoms with Crippen LogP contribution in [0.5, 0.6) is 0 Å². The molecular formula is C12H16FN3OS. The van der Waals surface area contributed by atoms with Gasteiger partial charge in [0.2, 0.25) is 0 Å². The van der Waals surface area contributed by atoms with Crippen LogP contribution in [0.15, 0.2) is 12.3 Å². The Labute approximate surface area is 110 Å². The monoisotopic (exact) mass is 269 g/mol. The fraction of sp³-hybridized carbons (Fsp3) is 0.500. The topological polar surface area (TPSA) is 45.2 Å². The van der Waals surface area contributed by atoms with Crippen LogP contribution < -0.4 is 5.32 Å². The summed E-state index contributed by atoms with van der Waals surface area (Å²) in [7, 11) is 1.67. The Bertz CT molecular complexity index is 455. The molecule has 2 heterocycles. The zero-order valence-electron chi connectivity index (χ0n) is 10.4. The van der Waals surface area contributed by atoms with E-state index in [1.807, 2.05) is 11.8 Å². The second kappa shape index (κ2) is 5.56. The summed E-state index contributed by atoms with van der Waals surface area (Å²) in [4.78, 5) is 18.0. The van der Waals surface area contributed by atoms with E-state index in [1.165, 1.54) is 6.07 Å². The van der Waals surface area contributed by atoms with Gasteiger partial charge in [-0.2, -0.15) is 11.8 Å². The van der Waals surface area contributed by atoms with Crippen molar-refractivity contribution in [3.05, 3.63) is 23.6 Å². The Kier molecular flexibility index (Phi) is 4.06. The SMILES string of the molecule is CNc1ncc(F)cc1C(=O)N1CCSC(C)C1. The molecule has 1 aliphatic rings. The molecule has 1 aromatic heterocycles. The van der Waals surface area contributed by atoms with Gasteiger partial charge in [0.1, 0.15) is 11.6 Å². The van der Waals surface area contributed by atoms with E-state index in [1.54, 1.807) is 11.9 Å². The average molecular weight is 269 g/mol. The summed E-state index contributed by atoms with van der Waals surface area (Å²) in [6.07, 6.45) is 1.11. The van der Waals surface area contributed by atoms with E-state index in [0.717, 1.165) is 11.9 Å². The predicted octanol–water partition coefficient (Wildman–Crippen LogP) is 1.84. The lowest BCUT2D eigenvalue weighted by Crippen LogP contribution is -2.41. The number of halogens is 1. The fourth-order valence-corrected chi connectivity index (χ4v) is 2.99. The molecule has 1 unspecified atom stereocenters. The second-order valence-corrected chi connectivity index (χ2v) is 5.78. The largest absolute Gasteiger partial charge is 0.372 e. The molecule has 18 heavy (non-hydrogen) atoms. The first-order chi connectivity index (χ1) is 8.61. The van der Waals surface area contributed by atoms with Gasteiger partial charge in [-0.15, -0.1) is 0 Å². The number of nitrogens with one attached hydrogen (secondary N) is 1. The van der Waals surface area contributed by atoms with Gasteiger partial charge < -0.3 is 10.2 Å². The molecule has 0 aromatic carbocycles. The third kappa shape index (κ3) is 2.75. The van der Waals surface area contributed by atoms with Gasteiger partial charge in [0.15, 0.2) is 0 Å². The van der Waals surface area contributed by atoms with Crippen molar-refractivity contribution in [2.45, 2.75) is 12.2 Å². The second-order valence-electron chi connectivity index (χ2n) is 4.23. The number of anilines is 1. The number of pyridine rings is 1. The number of hydrogen-bond donors (Lipinski definition) is 1. The zero-order valence-corrected chi connectivity index (χ0v) is 11.3. The van der Waals surface area contributed by atoms with Crippen molar-refractivity contribution in [2.75, 3.05) is 31.2 Å². The number of nitrogens with zero attached hydrogens (tertiary/aromatic N) is 2. The summed E-state index contributed by atoms with van der Waals surface area (Å²) in [6.45, 7) is 3.49. The van der Waals surface area contributed by atoms with Crippen molar-refractivity contribution >= 4 is 23.5 Å². The molecule has 0 saturated carbocycles. The Hall–Kier alpha value is -1.30. The summed E-state index contributed by atoms with van der Waals surface area (Å²) in [6, 6.07) is 1.24. The van der Waals surface area contributed by atoms with Crippen LogP contribution >= 0.6 is 11.8 Å². The number of hydrogen-bond acceptors (Lipinski definition) is 4. The van der Waals surface area contributed by atoms with Crippen molar-refractivity contribution in [3.8, 4) is 0 Å². The van der Waals surface area contributed by atoms with Gasteiger partial charge in [-0.25, -0.2) is 9.37 Å². The molecule has 98 valence electrons. The molecule has 6 heteroatoms. The van der Waals surface area contributed by atoms with Crippen LogP contribution in [0.4, 0.5) is 10.2 Å². The number of thioether (sulfide) groups is 1. The molecule has 1 atom stereocenters. The molecular weight excluding hydrogens is 253 g/mol. The molecule has 0 aliphatic carbocycles. The third-order valence-corrected chi connectivity index (χ3v) is 3.99. The molecule has 1 aromatic rings. The quantitative estimate of drug-likeness (QED) is 0.890. The Morgan fingerprint density at radius 2 is 2.44 bits per heavy atom. The lowest BCUT2D eigenvalue weighted by molar-refractivity contribution is 0.0763. The Balaban J connectivity index is 2.24. The van der Waals surface area contributed by atoms with Gasteiger partial charge in [0.05, 0.1) is 11.8 Å². The third-order valence-electron chi connectivity index (χ3n) is 2.85. The van der Waals surface area contributed by atoms with E-state index in [0.29, 0.717) is 29.7 Å². The van der Waals surface area contributed by atoms with Crippen molar-refractivity contribution < 1.29 is 9.18 Å². The van der Waals surface area contributed by atoms with Crippen LogP contribution in [0.1, 0.15) is 17.3 Å². The average Bonchev–Trinajstić information content (AvgIpc) is 2.38. The Morgan fingerprint density at radius 1 is 1.67 bits per heavy atom. The fourth-order valence-electron chi connectivity index (χ4n) is 1.97. The maximum absolute atomic E-state index is 13.2. The number of amides is 1. The highest BCUT2D eigenvalue weighted by Gasteiger charge is 2.24. The molecule has 4 nitrogen and oxygen atoms in total. The molecule has 1 fully saturated rings.